The van der Waals surface area contributed by atoms with E-state index in [4.69, 9.17) is 0 Å². The predicted octanol–water partition coefficient (Wildman–Crippen LogP) is 1.87. The lowest BCUT2D eigenvalue weighted by Gasteiger charge is -2.49. The van der Waals surface area contributed by atoms with Gasteiger partial charge in [-0.15, -0.1) is 0 Å². The second-order valence-corrected chi connectivity index (χ2v) is 6.37. The molecule has 3 heterocycles. The number of hydrogen-bond donors (Lipinski definition) is 1. The number of carbonyl (C=O) groups excluding carboxylic acids is 1. The van der Waals surface area contributed by atoms with Crippen molar-refractivity contribution < 1.29 is 14.6 Å². The van der Waals surface area contributed by atoms with Crippen LogP contribution in [0.4, 0.5) is 0 Å². The van der Waals surface area contributed by atoms with Gasteiger partial charge in [0.2, 0.25) is 0 Å². The van der Waals surface area contributed by atoms with E-state index in [0.29, 0.717) is 12.3 Å². The van der Waals surface area contributed by atoms with Crippen molar-refractivity contribution in [2.75, 3.05) is 26.7 Å². The summed E-state index contributed by atoms with van der Waals surface area (Å²) in [6.45, 7) is 2.97. The van der Waals surface area contributed by atoms with E-state index in [1.165, 1.54) is 7.11 Å². The van der Waals surface area contributed by atoms with Crippen molar-refractivity contribution in [1.82, 2.24) is 4.90 Å². The van der Waals surface area contributed by atoms with Crippen LogP contribution >= 0.6 is 0 Å². The molecule has 1 N–H and O–H groups in total. The van der Waals surface area contributed by atoms with Gasteiger partial charge in [-0.05, 0) is 43.0 Å². The van der Waals surface area contributed by atoms with Crippen molar-refractivity contribution in [2.24, 2.45) is 5.92 Å². The van der Waals surface area contributed by atoms with Crippen molar-refractivity contribution in [3.8, 4) is 0 Å². The number of rotatable bonds is 4. The first-order chi connectivity index (χ1) is 10.6. The second kappa shape index (κ2) is 6.23. The van der Waals surface area contributed by atoms with Crippen LogP contribution in [0, 0.1) is 5.92 Å². The van der Waals surface area contributed by atoms with Crippen molar-refractivity contribution in [1.29, 1.82) is 0 Å². The van der Waals surface area contributed by atoms with Gasteiger partial charge in [-0.25, -0.2) is 0 Å². The smallest absolute Gasteiger partial charge is 0.309 e. The third kappa shape index (κ3) is 3.23. The summed E-state index contributed by atoms with van der Waals surface area (Å²) in [6, 6.07) is 7.80. The summed E-state index contributed by atoms with van der Waals surface area (Å²) >= 11 is 0. The summed E-state index contributed by atoms with van der Waals surface area (Å²) in [4.78, 5) is 13.6. The number of nitrogens with zero attached hydrogens (tertiary/aromatic N) is 1. The van der Waals surface area contributed by atoms with E-state index >= 15 is 0 Å². The van der Waals surface area contributed by atoms with Crippen LogP contribution in [0.15, 0.2) is 30.3 Å². The van der Waals surface area contributed by atoms with Crippen molar-refractivity contribution in [3.63, 3.8) is 0 Å². The Morgan fingerprint density at radius 1 is 1.36 bits per heavy atom. The van der Waals surface area contributed by atoms with Crippen molar-refractivity contribution in [2.45, 2.75) is 24.9 Å². The molecule has 1 aromatic rings. The zero-order chi connectivity index (χ0) is 15.6. The third-order valence-corrected chi connectivity index (χ3v) is 4.89. The molecule has 3 saturated heterocycles. The molecule has 2 bridgehead atoms. The Labute approximate surface area is 131 Å². The normalized spacial score (nSPS) is 30.6. The molecule has 4 heteroatoms. The van der Waals surface area contributed by atoms with Gasteiger partial charge in [0.15, 0.2) is 0 Å². The summed E-state index contributed by atoms with van der Waals surface area (Å²) in [7, 11) is 1.40. The monoisotopic (exact) mass is 301 g/mol. The van der Waals surface area contributed by atoms with Gasteiger partial charge < -0.3 is 14.7 Å². The number of benzene rings is 1. The van der Waals surface area contributed by atoms with Crippen LogP contribution in [0.1, 0.15) is 24.0 Å². The van der Waals surface area contributed by atoms with Crippen LogP contribution in [-0.4, -0.2) is 48.3 Å². The maximum atomic E-state index is 11.2. The molecule has 4 nitrogen and oxygen atoms in total. The first-order valence-electron chi connectivity index (χ1n) is 7.89. The fraction of sp³-hybridized carbons (Fsp3) is 0.500. The summed E-state index contributed by atoms with van der Waals surface area (Å²) in [5.74, 6) is 0.150. The lowest BCUT2D eigenvalue weighted by atomic mass is 9.75. The van der Waals surface area contributed by atoms with Gasteiger partial charge in [0.1, 0.15) is 0 Å². The topological polar surface area (TPSA) is 49.8 Å². The Bertz CT molecular complexity index is 558. The van der Waals surface area contributed by atoms with Crippen LogP contribution in [0.5, 0.6) is 0 Å². The van der Waals surface area contributed by atoms with Gasteiger partial charge >= 0.3 is 5.97 Å². The molecule has 1 atom stereocenters. The van der Waals surface area contributed by atoms with Crippen molar-refractivity contribution in [3.05, 3.63) is 41.5 Å². The summed E-state index contributed by atoms with van der Waals surface area (Å²) in [6.07, 6.45) is 6.40. The Morgan fingerprint density at radius 2 is 2.05 bits per heavy atom. The Morgan fingerprint density at radius 3 is 2.59 bits per heavy atom. The van der Waals surface area contributed by atoms with E-state index in [1.807, 2.05) is 36.4 Å². The van der Waals surface area contributed by atoms with E-state index in [-0.39, 0.29) is 5.97 Å². The molecule has 118 valence electrons. The highest BCUT2D eigenvalue weighted by molar-refractivity contribution is 5.72. The van der Waals surface area contributed by atoms with Gasteiger partial charge in [0.05, 0.1) is 19.1 Å². The van der Waals surface area contributed by atoms with Crippen LogP contribution in [0.2, 0.25) is 0 Å². The number of methoxy groups -OCH3 is 1. The molecule has 0 spiro atoms. The minimum atomic E-state index is -0.693. The van der Waals surface area contributed by atoms with E-state index in [2.05, 4.69) is 9.64 Å². The number of fused-ring (bicyclic) bond motifs is 3. The average Bonchev–Trinajstić information content (AvgIpc) is 2.55. The molecule has 0 aromatic heterocycles. The highest BCUT2D eigenvalue weighted by Gasteiger charge is 2.43. The Kier molecular flexibility index (Phi) is 4.32. The minimum absolute atomic E-state index is 0.232. The molecule has 0 radical (unpaired) electrons. The molecule has 0 aliphatic carbocycles. The minimum Gasteiger partial charge on any atom is -0.469 e. The molecule has 3 fully saturated rings. The van der Waals surface area contributed by atoms with Gasteiger partial charge in [-0.3, -0.25) is 4.79 Å². The lowest BCUT2D eigenvalue weighted by molar-refractivity contribution is -0.139. The van der Waals surface area contributed by atoms with E-state index < -0.39 is 5.60 Å². The highest BCUT2D eigenvalue weighted by Crippen LogP contribution is 2.36. The second-order valence-electron chi connectivity index (χ2n) is 6.37. The summed E-state index contributed by atoms with van der Waals surface area (Å²) < 4.78 is 4.66. The molecular weight excluding hydrogens is 278 g/mol. The zero-order valence-electron chi connectivity index (χ0n) is 13.0. The van der Waals surface area contributed by atoms with Crippen LogP contribution in [0.25, 0.3) is 6.08 Å². The zero-order valence-corrected chi connectivity index (χ0v) is 13.0. The molecule has 0 amide bonds. The lowest BCUT2D eigenvalue weighted by Crippen LogP contribution is -2.58. The van der Waals surface area contributed by atoms with Gasteiger partial charge in [0, 0.05) is 6.54 Å². The van der Waals surface area contributed by atoms with E-state index in [9.17, 15) is 9.90 Å². The fourth-order valence-electron chi connectivity index (χ4n) is 3.49. The van der Waals surface area contributed by atoms with Gasteiger partial charge in [-0.1, -0.05) is 36.4 Å². The molecule has 22 heavy (non-hydrogen) atoms. The molecule has 1 unspecified atom stereocenters. The van der Waals surface area contributed by atoms with Crippen LogP contribution < -0.4 is 0 Å². The highest BCUT2D eigenvalue weighted by atomic mass is 16.5. The molecule has 3 aliphatic heterocycles. The first-order valence-corrected chi connectivity index (χ1v) is 7.89. The van der Waals surface area contributed by atoms with Crippen LogP contribution in [-0.2, 0) is 16.0 Å². The number of esters is 1. The fourth-order valence-corrected chi connectivity index (χ4v) is 3.49. The molecular formula is C18H23NO3. The van der Waals surface area contributed by atoms with Gasteiger partial charge in [0.25, 0.3) is 0 Å². The number of aliphatic hydroxyl groups is 1. The summed E-state index contributed by atoms with van der Waals surface area (Å²) in [5, 5.41) is 10.8. The standard InChI is InChI=1S/C18H23NO3/c1-22-17(20)12-15-4-2-14(3-5-15)6-9-18(21)13-19-10-7-16(18)8-11-19/h2-6,9,16,21H,7-8,10-13H2,1H3/b9-6+. The SMILES string of the molecule is COC(=O)Cc1ccc(/C=C/C2(O)CN3CCC2CC3)cc1. The number of hydrogen-bond acceptors (Lipinski definition) is 4. The number of carbonyl (C=O) groups is 1. The van der Waals surface area contributed by atoms with Crippen molar-refractivity contribution >= 4 is 12.0 Å². The number of piperidine rings is 3. The van der Waals surface area contributed by atoms with E-state index in [1.54, 1.807) is 0 Å². The quantitative estimate of drug-likeness (QED) is 0.863. The Hall–Kier alpha value is -1.65. The molecule has 4 rings (SSSR count). The van der Waals surface area contributed by atoms with Gasteiger partial charge in [-0.2, -0.15) is 0 Å². The summed E-state index contributed by atoms with van der Waals surface area (Å²) in [5.41, 5.74) is 1.28. The number of ether oxygens (including phenoxy) is 1. The van der Waals surface area contributed by atoms with E-state index in [0.717, 1.165) is 43.6 Å². The first kappa shape index (κ1) is 15.3. The molecule has 1 aromatic carbocycles. The molecule has 3 aliphatic rings. The maximum absolute atomic E-state index is 11.2. The molecule has 0 saturated carbocycles. The average molecular weight is 301 g/mol. The predicted molar refractivity (Wildman–Crippen MR) is 85.3 cm³/mol. The third-order valence-electron chi connectivity index (χ3n) is 4.89. The van der Waals surface area contributed by atoms with Crippen LogP contribution in [0.3, 0.4) is 0 Å². The largest absolute Gasteiger partial charge is 0.469 e. The maximum Gasteiger partial charge on any atom is 0.309 e. The Balaban J connectivity index is 1.66.